The number of esters is 1. The Kier molecular flexibility index (Phi) is 2.93. The highest BCUT2D eigenvalue weighted by Crippen LogP contribution is 2.62. The fourth-order valence-corrected chi connectivity index (χ4v) is 4.84. The van der Waals surface area contributed by atoms with Gasteiger partial charge in [-0.2, -0.15) is 8.78 Å². The Hall–Kier alpha value is -0.750. The summed E-state index contributed by atoms with van der Waals surface area (Å²) in [5.74, 6) is -5.22. The van der Waals surface area contributed by atoms with E-state index in [1.165, 1.54) is 0 Å². The first-order valence-electron chi connectivity index (χ1n) is 7.09. The largest absolute Gasteiger partial charge is 0.457 e. The lowest BCUT2D eigenvalue weighted by Gasteiger charge is -2.62. The maximum Gasteiger partial charge on any atom is 0.376 e. The van der Waals surface area contributed by atoms with E-state index >= 15 is 0 Å². The molecule has 6 heteroatoms. The second-order valence-electron chi connectivity index (χ2n) is 7.15. The van der Waals surface area contributed by atoms with Crippen molar-refractivity contribution >= 4 is 5.97 Å². The quantitative estimate of drug-likeness (QED) is 0.773. The summed E-state index contributed by atoms with van der Waals surface area (Å²) in [7, 11) is 0. The molecule has 2 atom stereocenters. The molecule has 4 fully saturated rings. The van der Waals surface area contributed by atoms with E-state index in [4.69, 9.17) is 4.74 Å². The lowest BCUT2D eigenvalue weighted by Crippen LogP contribution is -2.63. The predicted molar refractivity (Wildman–Crippen MR) is 65.0 cm³/mol. The van der Waals surface area contributed by atoms with Crippen molar-refractivity contribution in [2.45, 2.75) is 56.7 Å². The van der Waals surface area contributed by atoms with Gasteiger partial charge in [0.1, 0.15) is 6.10 Å². The van der Waals surface area contributed by atoms with Crippen molar-refractivity contribution in [3.8, 4) is 0 Å². The predicted octanol–water partition coefficient (Wildman–Crippen LogP) is 1.49. The molecule has 114 valence electrons. The zero-order chi connectivity index (χ0) is 14.8. The van der Waals surface area contributed by atoms with Gasteiger partial charge >= 0.3 is 11.9 Å². The second-order valence-corrected chi connectivity index (χ2v) is 7.15. The molecule has 0 aromatic carbocycles. The van der Waals surface area contributed by atoms with Gasteiger partial charge in [0.05, 0.1) is 5.60 Å². The molecule has 2 N–H and O–H groups in total. The summed E-state index contributed by atoms with van der Waals surface area (Å²) in [6.45, 7) is 0.529. The zero-order valence-corrected chi connectivity index (χ0v) is 11.4. The van der Waals surface area contributed by atoms with E-state index in [-0.39, 0.29) is 23.9 Å². The third-order valence-corrected chi connectivity index (χ3v) is 5.24. The third kappa shape index (κ3) is 2.13. The van der Waals surface area contributed by atoms with E-state index in [9.17, 15) is 23.8 Å². The van der Waals surface area contributed by atoms with Gasteiger partial charge in [0, 0.05) is 13.5 Å². The van der Waals surface area contributed by atoms with Crippen LogP contribution in [0.1, 0.15) is 39.0 Å². The summed E-state index contributed by atoms with van der Waals surface area (Å²) < 4.78 is 31.0. The second kappa shape index (κ2) is 4.13. The Morgan fingerprint density at radius 1 is 1.30 bits per heavy atom. The van der Waals surface area contributed by atoms with Crippen molar-refractivity contribution in [3.63, 3.8) is 0 Å². The molecule has 0 spiro atoms. The number of carbonyl (C=O) groups excluding carboxylic acids is 1. The standard InChI is InChI=1S/C14H20F2O4/c1-12(15,16)11(18)20-10-8-2-13(7-17)3-9(10)5-14(19,4-8)6-13/h8-10,17,19H,2-7H2,1H3. The van der Waals surface area contributed by atoms with Crippen molar-refractivity contribution in [2.75, 3.05) is 6.61 Å². The van der Waals surface area contributed by atoms with Gasteiger partial charge < -0.3 is 14.9 Å². The SMILES string of the molecule is CC(F)(F)C(=O)OC1C2CC3(O)CC1CC(CO)(C2)C3. The summed E-state index contributed by atoms with van der Waals surface area (Å²) >= 11 is 0. The van der Waals surface area contributed by atoms with E-state index in [2.05, 4.69) is 0 Å². The Morgan fingerprint density at radius 2 is 1.85 bits per heavy atom. The fraction of sp³-hybridized carbons (Fsp3) is 0.929. The highest BCUT2D eigenvalue weighted by molar-refractivity contribution is 5.77. The molecule has 0 aliphatic heterocycles. The minimum absolute atomic E-state index is 0.00703. The van der Waals surface area contributed by atoms with E-state index in [0.29, 0.717) is 39.0 Å². The van der Waals surface area contributed by atoms with Gasteiger partial charge in [-0.1, -0.05) is 0 Å². The number of hydrogen-bond donors (Lipinski definition) is 2. The third-order valence-electron chi connectivity index (χ3n) is 5.24. The van der Waals surface area contributed by atoms with Crippen molar-refractivity contribution in [3.05, 3.63) is 0 Å². The van der Waals surface area contributed by atoms with Gasteiger partial charge in [0.2, 0.25) is 0 Å². The smallest absolute Gasteiger partial charge is 0.376 e. The molecule has 4 aliphatic rings. The van der Waals surface area contributed by atoms with Gasteiger partial charge in [-0.3, -0.25) is 0 Å². The van der Waals surface area contributed by atoms with Crippen molar-refractivity contribution < 1.29 is 28.5 Å². The van der Waals surface area contributed by atoms with Crippen LogP contribution in [-0.2, 0) is 9.53 Å². The minimum atomic E-state index is -3.49. The van der Waals surface area contributed by atoms with Crippen LogP contribution in [0.3, 0.4) is 0 Å². The lowest BCUT2D eigenvalue weighted by atomic mass is 9.47. The molecule has 0 amide bonds. The molecule has 4 aliphatic carbocycles. The number of alkyl halides is 2. The molecule has 4 bridgehead atoms. The average molecular weight is 290 g/mol. The highest BCUT2D eigenvalue weighted by Gasteiger charge is 2.62. The van der Waals surface area contributed by atoms with Crippen LogP contribution in [0, 0.1) is 17.3 Å². The normalized spacial score (nSPS) is 46.5. The molecule has 0 heterocycles. The van der Waals surface area contributed by atoms with Crippen LogP contribution < -0.4 is 0 Å². The van der Waals surface area contributed by atoms with Gasteiger partial charge in [-0.15, -0.1) is 0 Å². The maximum absolute atomic E-state index is 13.0. The summed E-state index contributed by atoms with van der Waals surface area (Å²) in [6.07, 6.45) is 2.23. The van der Waals surface area contributed by atoms with Crippen LogP contribution in [0.15, 0.2) is 0 Å². The van der Waals surface area contributed by atoms with Gasteiger partial charge in [-0.25, -0.2) is 4.79 Å². The number of aliphatic hydroxyl groups is 2. The number of carbonyl (C=O) groups is 1. The van der Waals surface area contributed by atoms with Crippen LogP contribution in [-0.4, -0.2) is 40.4 Å². The van der Waals surface area contributed by atoms with Crippen LogP contribution in [0.4, 0.5) is 8.78 Å². The van der Waals surface area contributed by atoms with Crippen LogP contribution in [0.2, 0.25) is 0 Å². The minimum Gasteiger partial charge on any atom is -0.457 e. The molecule has 4 rings (SSSR count). The number of aliphatic hydroxyl groups excluding tert-OH is 1. The lowest BCUT2D eigenvalue weighted by molar-refractivity contribution is -0.235. The summed E-state index contributed by atoms with van der Waals surface area (Å²) in [4.78, 5) is 11.4. The first-order chi connectivity index (χ1) is 9.16. The summed E-state index contributed by atoms with van der Waals surface area (Å²) in [5, 5.41) is 20.1. The van der Waals surface area contributed by atoms with Crippen molar-refractivity contribution in [2.24, 2.45) is 17.3 Å². The zero-order valence-electron chi connectivity index (χ0n) is 11.4. The van der Waals surface area contributed by atoms with Crippen molar-refractivity contribution in [1.82, 2.24) is 0 Å². The number of hydrogen-bond acceptors (Lipinski definition) is 4. The molecule has 20 heavy (non-hydrogen) atoms. The Bertz CT molecular complexity index is 415. The molecule has 2 unspecified atom stereocenters. The van der Waals surface area contributed by atoms with E-state index < -0.39 is 23.6 Å². The topological polar surface area (TPSA) is 66.8 Å². The number of ether oxygens (including phenoxy) is 1. The molecule has 0 aromatic rings. The van der Waals surface area contributed by atoms with Crippen LogP contribution >= 0.6 is 0 Å². The highest BCUT2D eigenvalue weighted by atomic mass is 19.3. The monoisotopic (exact) mass is 290 g/mol. The molecular formula is C14H20F2O4. The Labute approximate surface area is 116 Å². The number of rotatable bonds is 3. The average Bonchev–Trinajstić information content (AvgIpc) is 2.30. The van der Waals surface area contributed by atoms with Gasteiger partial charge in [0.15, 0.2) is 0 Å². The Balaban J connectivity index is 1.79. The number of halogens is 2. The molecule has 0 saturated heterocycles. The molecule has 4 nitrogen and oxygen atoms in total. The maximum atomic E-state index is 13.0. The fourth-order valence-electron chi connectivity index (χ4n) is 4.84. The molecular weight excluding hydrogens is 270 g/mol. The Morgan fingerprint density at radius 3 is 2.30 bits per heavy atom. The van der Waals surface area contributed by atoms with Gasteiger partial charge in [-0.05, 0) is 49.4 Å². The molecule has 0 aromatic heterocycles. The summed E-state index contributed by atoms with van der Waals surface area (Å²) in [5.41, 5.74) is -1.15. The first kappa shape index (κ1) is 14.2. The van der Waals surface area contributed by atoms with E-state index in [1.807, 2.05) is 0 Å². The first-order valence-corrected chi connectivity index (χ1v) is 7.09. The van der Waals surface area contributed by atoms with Gasteiger partial charge in [0.25, 0.3) is 0 Å². The van der Waals surface area contributed by atoms with Crippen LogP contribution in [0.25, 0.3) is 0 Å². The van der Waals surface area contributed by atoms with E-state index in [1.54, 1.807) is 0 Å². The van der Waals surface area contributed by atoms with Crippen molar-refractivity contribution in [1.29, 1.82) is 0 Å². The summed E-state index contributed by atoms with van der Waals surface area (Å²) in [6, 6.07) is 0. The molecule has 4 saturated carbocycles. The molecule has 0 radical (unpaired) electrons. The van der Waals surface area contributed by atoms with Crippen LogP contribution in [0.5, 0.6) is 0 Å². The van der Waals surface area contributed by atoms with E-state index in [0.717, 1.165) is 0 Å².